The summed E-state index contributed by atoms with van der Waals surface area (Å²) in [5.41, 5.74) is 8.91. The molecule has 0 aromatic carbocycles. The topological polar surface area (TPSA) is 63.6 Å². The molecule has 4 nitrogen and oxygen atoms in total. The van der Waals surface area contributed by atoms with E-state index >= 15 is 0 Å². The summed E-state index contributed by atoms with van der Waals surface area (Å²) in [4.78, 5) is 4.25. The van der Waals surface area contributed by atoms with Crippen molar-refractivity contribution in [2.24, 2.45) is 10.2 Å². The van der Waals surface area contributed by atoms with Crippen LogP contribution in [0.5, 0.6) is 0 Å². The van der Waals surface area contributed by atoms with Gasteiger partial charge in [0.2, 0.25) is 0 Å². The van der Waals surface area contributed by atoms with Crippen LogP contribution >= 0.6 is 15.8 Å². The van der Waals surface area contributed by atoms with E-state index in [-0.39, 0.29) is 0 Å². The first-order valence-electron chi connectivity index (χ1n) is 5.53. The van der Waals surface area contributed by atoms with E-state index in [9.17, 15) is 0 Å². The van der Waals surface area contributed by atoms with E-state index in [1.165, 1.54) is 2.43 Å². The van der Waals surface area contributed by atoms with Crippen molar-refractivity contribution in [3.8, 4) is 0 Å². The molecule has 0 bridgehead atoms. The Hall–Kier alpha value is -0.770. The molecule has 102 valence electrons. The number of aryl methyl sites for hydroxylation is 1. The molecule has 19 heavy (non-hydrogen) atoms. The number of aromatic nitrogens is 1. The minimum absolute atomic E-state index is 0.458. The van der Waals surface area contributed by atoms with Crippen molar-refractivity contribution in [2.75, 3.05) is 8.17 Å². The van der Waals surface area contributed by atoms with Crippen LogP contribution in [0.25, 0.3) is 5.70 Å². The third-order valence-electron chi connectivity index (χ3n) is 2.36. The van der Waals surface area contributed by atoms with Gasteiger partial charge in [-0.05, 0) is 0 Å². The summed E-state index contributed by atoms with van der Waals surface area (Å²) in [5, 5.41) is 8.62. The van der Waals surface area contributed by atoms with Crippen LogP contribution in [0.3, 0.4) is 0 Å². The zero-order valence-electron chi connectivity index (χ0n) is 10.6. The van der Waals surface area contributed by atoms with Crippen LogP contribution in [0, 0.1) is 6.92 Å². The van der Waals surface area contributed by atoms with Crippen LogP contribution in [0.4, 0.5) is 5.69 Å². The Bertz CT molecular complexity index is 574. The molecule has 0 atom stereocenters. The number of rotatable bonds is 5. The predicted octanol–water partition coefficient (Wildman–Crippen LogP) is 0.904. The molecule has 1 aromatic rings. The molecule has 1 aliphatic rings. The van der Waals surface area contributed by atoms with Gasteiger partial charge < -0.3 is 0 Å². The molecule has 1 aromatic heterocycles. The van der Waals surface area contributed by atoms with Gasteiger partial charge in [-0.15, -0.1) is 0 Å². The van der Waals surface area contributed by atoms with Gasteiger partial charge in [0, 0.05) is 0 Å². The summed E-state index contributed by atoms with van der Waals surface area (Å²) >= 11 is -0.352. The fourth-order valence-corrected chi connectivity index (χ4v) is 13.1. The summed E-state index contributed by atoms with van der Waals surface area (Å²) in [6, 6.07) is 1.86. The number of halogens is 2. The van der Waals surface area contributed by atoms with E-state index in [0.717, 1.165) is 20.7 Å². The molecular formula is C13H15I2N4-. The van der Waals surface area contributed by atoms with Gasteiger partial charge in [-0.3, -0.25) is 0 Å². The summed E-state index contributed by atoms with van der Waals surface area (Å²) in [7, 11) is 0. The molecule has 6 heteroatoms. The third-order valence-corrected chi connectivity index (χ3v) is 16.0. The second-order valence-electron chi connectivity index (χ2n) is 3.77. The SMILES string of the molecule is C=C/C=C(\N=NC(=C)I1C[I-]1)c1cc(N)cnc1C. The number of nitrogens with zero attached hydrogens (tertiary/aromatic N) is 3. The van der Waals surface area contributed by atoms with Gasteiger partial charge in [-0.1, -0.05) is 0 Å². The molecule has 2 rings (SSSR count). The quantitative estimate of drug-likeness (QED) is 0.224. The summed E-state index contributed by atoms with van der Waals surface area (Å²) in [5.74, 6) is 0. The number of azo groups is 1. The van der Waals surface area contributed by atoms with E-state index in [1.54, 1.807) is 12.3 Å². The number of hydrogen-bond donors (Lipinski definition) is 1. The maximum atomic E-state index is 5.78. The zero-order valence-corrected chi connectivity index (χ0v) is 14.9. The van der Waals surface area contributed by atoms with Crippen LogP contribution in [-0.4, -0.2) is 7.42 Å². The fraction of sp³-hybridized carbons (Fsp3) is 0.154. The Morgan fingerprint density at radius 1 is 1.58 bits per heavy atom. The molecule has 1 saturated heterocycles. The number of nitrogen functional groups attached to an aromatic ring is 1. The number of anilines is 1. The molecule has 1 aliphatic heterocycles. The van der Waals surface area contributed by atoms with Crippen molar-refractivity contribution in [1.82, 2.24) is 4.98 Å². The Morgan fingerprint density at radius 3 is 2.95 bits per heavy atom. The number of hydrogen-bond acceptors (Lipinski definition) is 4. The summed E-state index contributed by atoms with van der Waals surface area (Å²) in [6.45, 7) is 9.67. The molecule has 0 unspecified atom stereocenters. The second-order valence-corrected chi connectivity index (χ2v) is 22.3. The van der Waals surface area contributed by atoms with Gasteiger partial charge in [-0.25, -0.2) is 0 Å². The summed E-state index contributed by atoms with van der Waals surface area (Å²) < 4.78 is 2.47. The molecular weight excluding hydrogens is 466 g/mol. The number of alkyl halides is 2. The Kier molecular flexibility index (Phi) is 5.08. The van der Waals surface area contributed by atoms with Gasteiger partial charge in [0.05, 0.1) is 0 Å². The first-order chi connectivity index (χ1) is 9.11. The molecule has 0 radical (unpaired) electrons. The van der Waals surface area contributed by atoms with E-state index in [0.29, 0.717) is 22.9 Å². The molecule has 0 saturated carbocycles. The van der Waals surface area contributed by atoms with E-state index in [1.807, 2.05) is 19.1 Å². The molecule has 1 fully saturated rings. The Labute approximate surface area is 126 Å². The van der Waals surface area contributed by atoms with Crippen LogP contribution < -0.4 is 23.0 Å². The van der Waals surface area contributed by atoms with Crippen molar-refractivity contribution in [3.63, 3.8) is 0 Å². The maximum absolute atomic E-state index is 5.78. The summed E-state index contributed by atoms with van der Waals surface area (Å²) in [6.07, 6.45) is 5.16. The zero-order chi connectivity index (χ0) is 13.8. The van der Waals surface area contributed by atoms with Crippen LogP contribution in [0.2, 0.25) is 0 Å². The molecule has 2 heterocycles. The van der Waals surface area contributed by atoms with Crippen molar-refractivity contribution in [1.29, 1.82) is 0 Å². The van der Waals surface area contributed by atoms with Gasteiger partial charge in [0.25, 0.3) is 0 Å². The molecule has 2 N–H and O–H groups in total. The van der Waals surface area contributed by atoms with E-state index in [4.69, 9.17) is 5.73 Å². The van der Waals surface area contributed by atoms with E-state index < -0.39 is 15.8 Å². The molecule has 0 aliphatic carbocycles. The van der Waals surface area contributed by atoms with E-state index in [2.05, 4.69) is 28.4 Å². The van der Waals surface area contributed by atoms with Crippen LogP contribution in [-0.2, 0) is 0 Å². The monoisotopic (exact) mass is 481 g/mol. The predicted molar refractivity (Wildman–Crippen MR) is 84.4 cm³/mol. The van der Waals surface area contributed by atoms with Crippen LogP contribution in [0.1, 0.15) is 11.3 Å². The van der Waals surface area contributed by atoms with Gasteiger partial charge in [-0.2, -0.15) is 0 Å². The van der Waals surface area contributed by atoms with Gasteiger partial charge in [0.15, 0.2) is 0 Å². The first kappa shape index (κ1) is 14.6. The molecule has 0 amide bonds. The van der Waals surface area contributed by atoms with Crippen molar-refractivity contribution in [3.05, 3.63) is 52.5 Å². The number of nitrogens with two attached hydrogens (primary N) is 1. The number of allylic oxidation sites excluding steroid dienone is 2. The normalized spacial score (nSPS) is 17.1. The average molecular weight is 481 g/mol. The first-order valence-corrected chi connectivity index (χ1v) is 15.9. The van der Waals surface area contributed by atoms with Crippen molar-refractivity contribution in [2.45, 2.75) is 6.92 Å². The van der Waals surface area contributed by atoms with Gasteiger partial charge >= 0.3 is 127 Å². The van der Waals surface area contributed by atoms with Crippen LogP contribution in [0.15, 0.2) is 51.5 Å². The standard InChI is InChI=1S/C13H15I2N4/c1-4-5-13(19-18-10(3)15-8-14-15)12-6-11(16)7-17-9(12)2/h4-7H,1,3,8,16H2,2H3/q-1/b13-5-,19-18?. The van der Waals surface area contributed by atoms with Crippen molar-refractivity contribution < 1.29 is 17.2 Å². The Morgan fingerprint density at radius 2 is 2.32 bits per heavy atom. The fourth-order valence-electron chi connectivity index (χ4n) is 1.38. The minimum atomic E-state index is -0.810. The number of pyridine rings is 1. The second kappa shape index (κ2) is 6.60. The van der Waals surface area contributed by atoms with Crippen molar-refractivity contribution >= 4 is 27.2 Å². The Balaban J connectivity index is 2.29. The van der Waals surface area contributed by atoms with Gasteiger partial charge in [0.1, 0.15) is 0 Å². The third kappa shape index (κ3) is 4.10. The molecule has 0 spiro atoms. The average Bonchev–Trinajstić information content (AvgIpc) is 3.21.